The number of sulfone groups is 1. The summed E-state index contributed by atoms with van der Waals surface area (Å²) in [5.41, 5.74) is 0. The Kier molecular flexibility index (Phi) is 3.94. The molecule has 1 aromatic carbocycles. The van der Waals surface area contributed by atoms with Crippen molar-refractivity contribution in [1.29, 1.82) is 0 Å². The van der Waals surface area contributed by atoms with Gasteiger partial charge >= 0.3 is 0 Å². The lowest BCUT2D eigenvalue weighted by Crippen LogP contribution is -2.42. The predicted molar refractivity (Wildman–Crippen MR) is 85.6 cm³/mol. The van der Waals surface area contributed by atoms with Gasteiger partial charge < -0.3 is 4.90 Å². The molecule has 1 aromatic heterocycles. The van der Waals surface area contributed by atoms with Crippen LogP contribution < -0.4 is 0 Å². The molecule has 1 fully saturated rings. The minimum Gasteiger partial charge on any atom is -0.338 e. The van der Waals surface area contributed by atoms with Crippen LogP contribution in [0.15, 0.2) is 24.3 Å². The average Bonchev–Trinajstić information content (AvgIpc) is 2.88. The maximum absolute atomic E-state index is 13.2. The summed E-state index contributed by atoms with van der Waals surface area (Å²) >= 11 is 1.34. The van der Waals surface area contributed by atoms with Gasteiger partial charge in [-0.3, -0.25) is 4.79 Å². The number of amides is 1. The number of halogens is 1. The van der Waals surface area contributed by atoms with Gasteiger partial charge in [0.2, 0.25) is 0 Å². The first-order valence-corrected chi connectivity index (χ1v) is 9.79. The SMILES string of the molecule is CS(=O)(=O)C1CCN(C(=O)c2cc3cc(F)ccc3s2)CC1. The Hall–Kier alpha value is -1.47. The van der Waals surface area contributed by atoms with Crippen molar-refractivity contribution < 1.29 is 17.6 Å². The monoisotopic (exact) mass is 341 g/mol. The first kappa shape index (κ1) is 15.4. The fourth-order valence-electron chi connectivity index (χ4n) is 2.76. The zero-order valence-corrected chi connectivity index (χ0v) is 13.7. The summed E-state index contributed by atoms with van der Waals surface area (Å²) in [6, 6.07) is 6.17. The Labute approximate surface area is 132 Å². The molecule has 2 aromatic rings. The summed E-state index contributed by atoms with van der Waals surface area (Å²) in [5, 5.41) is 0.368. The molecule has 1 amide bonds. The molecule has 0 aliphatic carbocycles. The molecule has 3 rings (SSSR count). The molecule has 1 aliphatic heterocycles. The summed E-state index contributed by atoms with van der Waals surface area (Å²) in [4.78, 5) is 14.8. The number of hydrogen-bond acceptors (Lipinski definition) is 4. The van der Waals surface area contributed by atoms with Gasteiger partial charge in [-0.1, -0.05) is 0 Å². The molecule has 118 valence electrons. The highest BCUT2D eigenvalue weighted by Crippen LogP contribution is 2.28. The van der Waals surface area contributed by atoms with E-state index in [9.17, 15) is 17.6 Å². The fraction of sp³-hybridized carbons (Fsp3) is 0.400. The number of carbonyl (C=O) groups excluding carboxylic acids is 1. The van der Waals surface area contributed by atoms with Gasteiger partial charge in [0.05, 0.1) is 10.1 Å². The standard InChI is InChI=1S/C15H16FNO3S2/c1-22(19,20)12-4-6-17(7-5-12)15(18)14-9-10-8-11(16)2-3-13(10)21-14/h2-3,8-9,12H,4-7H2,1H3. The van der Waals surface area contributed by atoms with E-state index in [1.807, 2.05) is 0 Å². The summed E-state index contributed by atoms with van der Waals surface area (Å²) in [6.45, 7) is 0.887. The molecule has 0 radical (unpaired) electrons. The highest BCUT2D eigenvalue weighted by Gasteiger charge is 2.29. The molecule has 0 bridgehead atoms. The van der Waals surface area contributed by atoms with Crippen molar-refractivity contribution in [3.8, 4) is 0 Å². The van der Waals surface area contributed by atoms with Crippen molar-refractivity contribution in [2.45, 2.75) is 18.1 Å². The molecule has 0 N–H and O–H groups in total. The molecule has 4 nitrogen and oxygen atoms in total. The first-order chi connectivity index (χ1) is 10.3. The number of nitrogens with zero attached hydrogens (tertiary/aromatic N) is 1. The van der Waals surface area contributed by atoms with Crippen molar-refractivity contribution in [2.24, 2.45) is 0 Å². The number of fused-ring (bicyclic) bond motifs is 1. The van der Waals surface area contributed by atoms with Crippen LogP contribution in [0.5, 0.6) is 0 Å². The number of carbonyl (C=O) groups is 1. The summed E-state index contributed by atoms with van der Waals surface area (Å²) in [6.07, 6.45) is 2.20. The van der Waals surface area contributed by atoms with E-state index in [0.29, 0.717) is 30.8 Å². The summed E-state index contributed by atoms with van der Waals surface area (Å²) < 4.78 is 37.2. The van der Waals surface area contributed by atoms with Crippen LogP contribution in [-0.4, -0.2) is 43.8 Å². The van der Waals surface area contributed by atoms with Crippen LogP contribution >= 0.6 is 11.3 Å². The van der Waals surface area contributed by atoms with Gasteiger partial charge in [0.25, 0.3) is 5.91 Å². The molecule has 2 heterocycles. The number of benzene rings is 1. The molecule has 1 saturated heterocycles. The van der Waals surface area contributed by atoms with Gasteiger partial charge in [-0.25, -0.2) is 12.8 Å². The Morgan fingerprint density at radius 1 is 1.27 bits per heavy atom. The quantitative estimate of drug-likeness (QED) is 0.844. The molecular formula is C15H16FNO3S2. The topological polar surface area (TPSA) is 54.5 Å². The number of likely N-dealkylation sites (tertiary alicyclic amines) is 1. The molecule has 1 aliphatic rings. The maximum Gasteiger partial charge on any atom is 0.263 e. The highest BCUT2D eigenvalue weighted by molar-refractivity contribution is 7.91. The molecule has 0 saturated carbocycles. The number of rotatable bonds is 2. The van der Waals surface area contributed by atoms with E-state index < -0.39 is 9.84 Å². The van der Waals surface area contributed by atoms with Gasteiger partial charge in [-0.2, -0.15) is 0 Å². The minimum absolute atomic E-state index is 0.103. The number of thiophene rings is 1. The van der Waals surface area contributed by atoms with E-state index in [2.05, 4.69) is 0 Å². The van der Waals surface area contributed by atoms with E-state index in [1.165, 1.54) is 29.7 Å². The second-order valence-corrected chi connectivity index (χ2v) is 9.02. The van der Waals surface area contributed by atoms with Gasteiger partial charge in [0, 0.05) is 24.0 Å². The molecular weight excluding hydrogens is 325 g/mol. The van der Waals surface area contributed by atoms with Crippen molar-refractivity contribution in [3.05, 3.63) is 35.0 Å². The largest absolute Gasteiger partial charge is 0.338 e. The van der Waals surface area contributed by atoms with Crippen LogP contribution in [0, 0.1) is 5.82 Å². The zero-order chi connectivity index (χ0) is 15.9. The number of hydrogen-bond donors (Lipinski definition) is 0. The minimum atomic E-state index is -3.04. The molecule has 0 unspecified atom stereocenters. The average molecular weight is 341 g/mol. The number of piperidine rings is 1. The Morgan fingerprint density at radius 2 is 1.95 bits per heavy atom. The van der Waals surface area contributed by atoms with Crippen LogP contribution in [0.4, 0.5) is 4.39 Å². The molecule has 0 atom stereocenters. The Morgan fingerprint density at radius 3 is 2.59 bits per heavy atom. The van der Waals surface area contributed by atoms with Gasteiger partial charge in [-0.05, 0) is 42.5 Å². The smallest absolute Gasteiger partial charge is 0.263 e. The summed E-state index contributed by atoms with van der Waals surface area (Å²) in [5.74, 6) is -0.424. The second kappa shape index (κ2) is 5.62. The van der Waals surface area contributed by atoms with E-state index in [0.717, 1.165) is 10.1 Å². The van der Waals surface area contributed by atoms with Crippen LogP contribution in [0.2, 0.25) is 0 Å². The van der Waals surface area contributed by atoms with Crippen molar-refractivity contribution in [1.82, 2.24) is 4.90 Å². The lowest BCUT2D eigenvalue weighted by atomic mass is 10.1. The maximum atomic E-state index is 13.2. The molecule has 22 heavy (non-hydrogen) atoms. The Bertz CT molecular complexity index is 820. The van der Waals surface area contributed by atoms with Crippen molar-refractivity contribution >= 4 is 37.2 Å². The fourth-order valence-corrected chi connectivity index (χ4v) is 4.84. The van der Waals surface area contributed by atoms with Crippen molar-refractivity contribution in [3.63, 3.8) is 0 Å². The normalized spacial score (nSPS) is 17.1. The second-order valence-electron chi connectivity index (χ2n) is 5.61. The van der Waals surface area contributed by atoms with E-state index in [-0.39, 0.29) is 17.0 Å². The molecule has 7 heteroatoms. The lowest BCUT2D eigenvalue weighted by molar-refractivity contribution is 0.0730. The van der Waals surface area contributed by atoms with Crippen LogP contribution in [-0.2, 0) is 9.84 Å². The third-order valence-corrected chi connectivity index (χ3v) is 6.81. The zero-order valence-electron chi connectivity index (χ0n) is 12.1. The first-order valence-electron chi connectivity index (χ1n) is 7.02. The lowest BCUT2D eigenvalue weighted by Gasteiger charge is -2.30. The van der Waals surface area contributed by atoms with Gasteiger partial charge in [-0.15, -0.1) is 11.3 Å². The van der Waals surface area contributed by atoms with E-state index in [4.69, 9.17) is 0 Å². The third kappa shape index (κ3) is 3.01. The van der Waals surface area contributed by atoms with Crippen LogP contribution in [0.3, 0.4) is 0 Å². The van der Waals surface area contributed by atoms with E-state index >= 15 is 0 Å². The van der Waals surface area contributed by atoms with E-state index in [1.54, 1.807) is 17.0 Å². The summed E-state index contributed by atoms with van der Waals surface area (Å²) in [7, 11) is -3.04. The molecule has 0 spiro atoms. The van der Waals surface area contributed by atoms with Gasteiger partial charge in [0.15, 0.2) is 0 Å². The van der Waals surface area contributed by atoms with Crippen molar-refractivity contribution in [2.75, 3.05) is 19.3 Å². The Balaban J connectivity index is 1.76. The van der Waals surface area contributed by atoms with Gasteiger partial charge in [0.1, 0.15) is 15.7 Å². The predicted octanol–water partition coefficient (Wildman–Crippen LogP) is 2.69. The third-order valence-electron chi connectivity index (χ3n) is 4.02. The highest BCUT2D eigenvalue weighted by atomic mass is 32.2. The van der Waals surface area contributed by atoms with Crippen LogP contribution in [0.25, 0.3) is 10.1 Å². The van der Waals surface area contributed by atoms with Crippen LogP contribution in [0.1, 0.15) is 22.5 Å².